The van der Waals surface area contributed by atoms with E-state index in [-0.39, 0.29) is 12.4 Å². The molecule has 1 aromatic heterocycles. The zero-order valence-corrected chi connectivity index (χ0v) is 17.2. The Kier molecular flexibility index (Phi) is 5.02. The number of hydrogen-bond donors (Lipinski definition) is 4. The number of benzene rings is 1. The first kappa shape index (κ1) is 19.9. The minimum atomic E-state index is -3.30. The fourth-order valence-corrected chi connectivity index (χ4v) is 5.24. The van der Waals surface area contributed by atoms with Crippen LogP contribution in [0.25, 0.3) is 0 Å². The van der Waals surface area contributed by atoms with Gasteiger partial charge in [-0.3, -0.25) is 0 Å². The molecule has 4 heterocycles. The number of nitrogens with zero attached hydrogens (tertiary/aromatic N) is 3. The number of nitrogen functional groups attached to an aromatic ring is 1. The van der Waals surface area contributed by atoms with E-state index in [9.17, 15) is 10.00 Å². The number of nitrogens with one attached hydrogen (secondary N) is 1. The van der Waals surface area contributed by atoms with Crippen molar-refractivity contribution in [3.8, 4) is 0 Å². The van der Waals surface area contributed by atoms with Crippen molar-refractivity contribution in [2.45, 2.75) is 37.5 Å². The summed E-state index contributed by atoms with van der Waals surface area (Å²) in [7, 11) is -1.79. The molecule has 2 aromatic rings. The summed E-state index contributed by atoms with van der Waals surface area (Å²) in [5.74, 6) is 0.712. The van der Waals surface area contributed by atoms with Crippen LogP contribution < -0.4 is 16.0 Å². The molecule has 1 aromatic carbocycles. The molecule has 13 heteroatoms. The Morgan fingerprint density at radius 2 is 2.13 bits per heavy atom. The zero-order chi connectivity index (χ0) is 20.9. The van der Waals surface area contributed by atoms with E-state index in [1.54, 1.807) is 4.90 Å². The van der Waals surface area contributed by atoms with Gasteiger partial charge in [0.25, 0.3) is 0 Å². The molecule has 160 valence electrons. The summed E-state index contributed by atoms with van der Waals surface area (Å²) in [5.41, 5.74) is 7.50. The van der Waals surface area contributed by atoms with Crippen LogP contribution in [-0.2, 0) is 25.1 Å². The second-order valence-electron chi connectivity index (χ2n) is 7.51. The fourth-order valence-electron chi connectivity index (χ4n) is 3.91. The number of hydrogen-bond acceptors (Lipinski definition) is 11. The van der Waals surface area contributed by atoms with Gasteiger partial charge in [-0.2, -0.15) is 0 Å². The number of nitrogens with two attached hydrogens (primary N) is 1. The van der Waals surface area contributed by atoms with Crippen LogP contribution in [0.4, 0.5) is 17.3 Å². The second kappa shape index (κ2) is 7.58. The van der Waals surface area contributed by atoms with Gasteiger partial charge in [-0.15, -0.1) is 0 Å². The molecule has 3 aliphatic rings. The predicted molar refractivity (Wildman–Crippen MR) is 112 cm³/mol. The molecule has 2 saturated heterocycles. The molecule has 5 rings (SSSR count). The molecule has 30 heavy (non-hydrogen) atoms. The Balaban J connectivity index is 1.42. The molecule has 5 N–H and O–H groups in total. The second-order valence-corrected chi connectivity index (χ2v) is 9.82. The molecular weight excluding hydrogens is 412 g/mol. The Bertz CT molecular complexity index is 927. The minimum absolute atomic E-state index is 0.132. The Morgan fingerprint density at radius 3 is 2.93 bits per heavy atom. The Labute approximate surface area is 174 Å². The summed E-state index contributed by atoms with van der Waals surface area (Å²) in [6, 6.07) is 9.69. The average molecular weight is 435 g/mol. The van der Waals surface area contributed by atoms with Gasteiger partial charge in [-0.1, -0.05) is 0 Å². The first-order chi connectivity index (χ1) is 14.4. The van der Waals surface area contributed by atoms with E-state index >= 15 is 0 Å². The van der Waals surface area contributed by atoms with Crippen molar-refractivity contribution in [2.75, 3.05) is 22.6 Å². The van der Waals surface area contributed by atoms with Crippen LogP contribution in [-0.4, -0.2) is 65.0 Å². The van der Waals surface area contributed by atoms with Crippen LogP contribution in [0.1, 0.15) is 5.56 Å². The third kappa shape index (κ3) is 3.50. The standard InChI is InChI=1S/C17H23BN5O6P/c18-30(25)27-7-10-13(29-30)12(24)16(28-10)23-15-11(14(19)20-8-21-15)22-17(23)26-6-9-4-2-1-3-5-9/h1-5,8,10,12-13,16-17,22,24-25,30H,6-7,18H2,(H2,19,20,21)/t10?,12?,13-,16?,17?/m1/s1. The van der Waals surface area contributed by atoms with E-state index in [4.69, 9.17) is 24.3 Å². The van der Waals surface area contributed by atoms with Crippen molar-refractivity contribution in [3.63, 3.8) is 0 Å². The van der Waals surface area contributed by atoms with Gasteiger partial charge < -0.3 is 0 Å². The third-order valence-corrected chi connectivity index (χ3v) is 6.74. The molecule has 0 amide bonds. The summed E-state index contributed by atoms with van der Waals surface area (Å²) in [5, 5.41) is 14.1. The van der Waals surface area contributed by atoms with Crippen LogP contribution >= 0.6 is 7.82 Å². The number of aliphatic hydroxyl groups is 1. The molecule has 2 fully saturated rings. The van der Waals surface area contributed by atoms with Crippen LogP contribution in [0, 0.1) is 0 Å². The normalized spacial score (nSPS) is 32.9. The van der Waals surface area contributed by atoms with Crippen LogP contribution in [0.5, 0.6) is 0 Å². The maximum atomic E-state index is 11.0. The van der Waals surface area contributed by atoms with E-state index < -0.39 is 38.7 Å². The van der Waals surface area contributed by atoms with Crippen molar-refractivity contribution in [3.05, 3.63) is 42.2 Å². The van der Waals surface area contributed by atoms with E-state index in [0.29, 0.717) is 18.1 Å². The quantitative estimate of drug-likeness (QED) is 0.358. The molecule has 5 atom stereocenters. The maximum absolute atomic E-state index is 11.0. The summed E-state index contributed by atoms with van der Waals surface area (Å²) >= 11 is 0. The van der Waals surface area contributed by atoms with Crippen molar-refractivity contribution < 1.29 is 28.5 Å². The van der Waals surface area contributed by atoms with E-state index in [0.717, 1.165) is 5.56 Å². The number of anilines is 3. The van der Waals surface area contributed by atoms with Gasteiger partial charge in [0.05, 0.1) is 0 Å². The molecule has 0 radical (unpaired) electrons. The number of fused-ring (bicyclic) bond motifs is 2. The molecule has 0 bridgehead atoms. The molecule has 0 saturated carbocycles. The molecule has 3 aliphatic heterocycles. The molecule has 11 nitrogen and oxygen atoms in total. The molecular formula is C17H23BN5O6P. The van der Waals surface area contributed by atoms with Gasteiger partial charge in [0, 0.05) is 0 Å². The molecule has 4 unspecified atom stereocenters. The van der Waals surface area contributed by atoms with E-state index in [1.165, 1.54) is 13.9 Å². The SMILES string of the molecule is B[PH]1(O)OCC2OC(N3c4ncnc(N)c4NC3OCc3ccccc3)C(O)[C@@H]2O1. The summed E-state index contributed by atoms with van der Waals surface area (Å²) in [4.78, 5) is 20.2. The van der Waals surface area contributed by atoms with Gasteiger partial charge in [0.1, 0.15) is 0 Å². The predicted octanol–water partition coefficient (Wildman–Crippen LogP) is -0.672. The van der Waals surface area contributed by atoms with Gasteiger partial charge in [-0.05, 0) is 0 Å². The summed E-state index contributed by atoms with van der Waals surface area (Å²) in [6.45, 7) is 0.445. The van der Waals surface area contributed by atoms with Crippen LogP contribution in [0.3, 0.4) is 0 Å². The van der Waals surface area contributed by atoms with Crippen LogP contribution in [0.15, 0.2) is 36.7 Å². The number of aliphatic hydroxyl groups excluding tert-OH is 1. The third-order valence-electron chi connectivity index (χ3n) is 5.33. The summed E-state index contributed by atoms with van der Waals surface area (Å²) in [6.07, 6.45) is -2.54. The molecule has 0 aliphatic carbocycles. The fraction of sp³-hybridized carbons (Fsp3) is 0.412. The van der Waals surface area contributed by atoms with Gasteiger partial charge in [0.15, 0.2) is 0 Å². The van der Waals surface area contributed by atoms with Gasteiger partial charge in [0.2, 0.25) is 0 Å². The van der Waals surface area contributed by atoms with Gasteiger partial charge >= 0.3 is 173 Å². The number of rotatable bonds is 4. The number of ether oxygens (including phenoxy) is 2. The topological polar surface area (TPSA) is 144 Å². The van der Waals surface area contributed by atoms with E-state index in [1.807, 2.05) is 30.3 Å². The van der Waals surface area contributed by atoms with Crippen LogP contribution in [0.2, 0.25) is 0 Å². The molecule has 0 spiro atoms. The Morgan fingerprint density at radius 1 is 1.33 bits per heavy atom. The van der Waals surface area contributed by atoms with Crippen molar-refractivity contribution in [1.29, 1.82) is 0 Å². The first-order valence-corrected chi connectivity index (χ1v) is 11.9. The van der Waals surface area contributed by atoms with Crippen molar-refractivity contribution in [1.82, 2.24) is 9.97 Å². The van der Waals surface area contributed by atoms with Gasteiger partial charge in [-0.25, -0.2) is 0 Å². The number of aromatic nitrogens is 2. The monoisotopic (exact) mass is 435 g/mol. The average Bonchev–Trinajstić information content (AvgIpc) is 3.25. The Hall–Kier alpha value is -2.05. The van der Waals surface area contributed by atoms with E-state index in [2.05, 4.69) is 15.3 Å². The zero-order valence-electron chi connectivity index (χ0n) is 16.2. The first-order valence-electron chi connectivity index (χ1n) is 9.61. The summed E-state index contributed by atoms with van der Waals surface area (Å²) < 4.78 is 23.1. The van der Waals surface area contributed by atoms with Crippen molar-refractivity contribution in [2.24, 2.45) is 0 Å². The van der Waals surface area contributed by atoms with Crippen molar-refractivity contribution >= 4 is 32.7 Å².